The number of primary amides is 1. The molecule has 0 bridgehead atoms. The number of alkyl carbamates (subject to hydrolysis) is 1. The van der Waals surface area contributed by atoms with Gasteiger partial charge in [-0.05, 0) is 143 Å². The quantitative estimate of drug-likeness (QED) is 0.0220. The first-order valence-corrected chi connectivity index (χ1v) is 42.0. The maximum absolute atomic E-state index is 13.6. The number of nitrogens with one attached hydrogen (secondary N) is 6. The molecule has 0 aromatic heterocycles. The van der Waals surface area contributed by atoms with Gasteiger partial charge in [-0.25, -0.2) is 9.59 Å². The van der Waals surface area contributed by atoms with Gasteiger partial charge in [-0.3, -0.25) is 52.3 Å². The molecule has 3 rings (SSSR count). The lowest BCUT2D eigenvalue weighted by Gasteiger charge is -2.25. The molecule has 2 heterocycles. The van der Waals surface area contributed by atoms with Crippen LogP contribution in [0.3, 0.4) is 0 Å². The molecule has 0 aliphatic carbocycles. The van der Waals surface area contributed by atoms with E-state index in [0.717, 1.165) is 12.3 Å². The zero-order chi connectivity index (χ0) is 83.8. The van der Waals surface area contributed by atoms with Gasteiger partial charge in [0.25, 0.3) is 0 Å². The molecule has 111 heavy (non-hydrogen) atoms. The summed E-state index contributed by atoms with van der Waals surface area (Å²) >= 11 is 0. The number of ketones is 3. The van der Waals surface area contributed by atoms with Gasteiger partial charge in [0.1, 0.15) is 12.4 Å². The molecular formula is C76H135N9O24P2. The molecule has 11 N–H and O–H groups in total. The first-order valence-electron chi connectivity index (χ1n) is 38.8. The van der Waals surface area contributed by atoms with Gasteiger partial charge in [0.05, 0.1) is 107 Å². The molecule has 0 radical (unpaired) electrons. The second-order valence-electron chi connectivity index (χ2n) is 31.4. The number of urea groups is 1. The van der Waals surface area contributed by atoms with E-state index in [-0.39, 0.29) is 209 Å². The number of carbonyl (C=O) groups is 11. The molecular weight excluding hydrogens is 1480 g/mol. The summed E-state index contributed by atoms with van der Waals surface area (Å²) in [4.78, 5) is 159. The molecule has 0 spiro atoms. The second-order valence-corrected chi connectivity index (χ2v) is 36.7. The summed E-state index contributed by atoms with van der Waals surface area (Å²) in [6.45, 7) is 30.1. The van der Waals surface area contributed by atoms with Gasteiger partial charge in [-0.15, -0.1) is 0 Å². The van der Waals surface area contributed by atoms with Crippen LogP contribution in [-0.4, -0.2) is 242 Å². The number of aliphatic hydroxyl groups is 1. The van der Waals surface area contributed by atoms with E-state index in [1.165, 1.54) is 0 Å². The number of rotatable bonds is 52. The number of β-amino-alcohol motifs (C(OH)–C–C–N with tert-alkyl or cyclic N) is 1. The van der Waals surface area contributed by atoms with Crippen LogP contribution < -0.4 is 37.6 Å². The first-order chi connectivity index (χ1) is 51.9. The van der Waals surface area contributed by atoms with E-state index in [1.54, 1.807) is 84.6 Å². The van der Waals surface area contributed by atoms with E-state index in [1.807, 2.05) is 25.7 Å². The van der Waals surface area contributed by atoms with Crippen LogP contribution in [0.2, 0.25) is 0 Å². The Hall–Kier alpha value is -6.35. The number of unbranched alkanes of at least 4 members (excludes halogenated alkanes) is 2. The smallest absolute Gasteiger partial charge is 0.407 e. The van der Waals surface area contributed by atoms with Crippen molar-refractivity contribution in [1.29, 1.82) is 0 Å². The lowest BCUT2D eigenvalue weighted by molar-refractivity contribution is -0.132. The van der Waals surface area contributed by atoms with Crippen LogP contribution in [0.5, 0.6) is 0 Å². The van der Waals surface area contributed by atoms with Gasteiger partial charge >= 0.3 is 27.3 Å². The minimum absolute atomic E-state index is 0.0104. The van der Waals surface area contributed by atoms with Crippen molar-refractivity contribution in [2.24, 2.45) is 23.5 Å². The molecule has 9 amide bonds. The summed E-state index contributed by atoms with van der Waals surface area (Å²) in [7, 11) is -7.45. The fourth-order valence-corrected chi connectivity index (χ4v) is 11.7. The molecule has 1 aromatic rings. The van der Waals surface area contributed by atoms with Crippen molar-refractivity contribution >= 4 is 85.8 Å². The van der Waals surface area contributed by atoms with E-state index < -0.39 is 67.5 Å². The minimum Gasteiger partial charge on any atom is -0.445 e. The average molecular weight is 1620 g/mol. The SMILES string of the molecule is CC(C)(C)O[C@H]1CCN(C(=O)CCCCC(=O)CCC(=O)NCC(=O)CCC(=O)NCCOCCOCCOP(=O)(O)C(C)(C)C)C1.CC(C)C.CC(C)[C@H](NC(=O)CCCCC(=O)N1CC[C@H](O)C1)C(=O)C[C@@H](CCCNC(N)=O)C(=O)Nc1ccc(COC(=O)NCCOCCOCCOP(=O)(O)C(C)(C)C)cc1. The molecule has 35 heteroatoms. The van der Waals surface area contributed by atoms with Gasteiger partial charge in [-0.2, -0.15) is 0 Å². The lowest BCUT2D eigenvalue weighted by atomic mass is 9.89. The number of nitrogens with zero attached hydrogens (tertiary/aromatic N) is 2. The lowest BCUT2D eigenvalue weighted by Crippen LogP contribution is -2.45. The summed E-state index contributed by atoms with van der Waals surface area (Å²) < 4.78 is 66.6. The molecule has 6 atom stereocenters. The third-order valence-corrected chi connectivity index (χ3v) is 21.2. The van der Waals surface area contributed by atoms with Gasteiger partial charge in [0.2, 0.25) is 35.4 Å². The van der Waals surface area contributed by atoms with Crippen molar-refractivity contribution in [2.45, 2.75) is 247 Å². The first kappa shape index (κ1) is 103. The van der Waals surface area contributed by atoms with Crippen molar-refractivity contribution in [3.8, 4) is 0 Å². The predicted octanol–water partition coefficient (Wildman–Crippen LogP) is 7.79. The fraction of sp³-hybridized carbons (Fsp3) is 0.776. The summed E-state index contributed by atoms with van der Waals surface area (Å²) in [5.74, 6) is -2.34. The zero-order valence-electron chi connectivity index (χ0n) is 68.5. The summed E-state index contributed by atoms with van der Waals surface area (Å²) in [5.41, 5.74) is 6.03. The maximum Gasteiger partial charge on any atom is 0.407 e. The number of ether oxygens (including phenoxy) is 6. The maximum atomic E-state index is 13.6. The fourth-order valence-electron chi connectivity index (χ4n) is 10.3. The largest absolute Gasteiger partial charge is 0.445 e. The highest BCUT2D eigenvalue weighted by Crippen LogP contribution is 2.55. The molecule has 2 aliphatic rings. The number of Topliss-reactive ketones (excluding diaryl/α,β-unsaturated/α-hetero) is 3. The number of nitrogens with two attached hydrogens (primary N) is 1. The monoisotopic (exact) mass is 1620 g/mol. The standard InChI is InChI=1S/C40H67N6O13P.C32H58N3O11P.C4H10/c1-28(2)36(45-34(49)10-6-7-11-35(50)46-19-16-32(47)26-46)33(48)25-30(9-8-17-42-38(41)52)37(51)44-31-14-12-29(13-15-31)27-58-39(53)43-18-20-56-21-22-57-23-24-59-60(54,55)40(3,4)5;1-31(2,3)46-27-15-17-35(24-27)30(40)10-8-7-9-25(36)11-13-29(39)34-23-26(37)12-14-28(38)33-16-18-43-19-20-44-21-22-45-47(41,42)32(4,5)6;1-4(2)3/h12-15,28,30,32,36,47H,6-11,16-27H2,1-5H3,(H,43,53)(H,44,51)(H,45,49)(H,54,55)(H3,41,42,52);27H,7-24H2,1-6H3,(H,33,38)(H,34,39)(H,41,42);4H,1-3H3/t30-,32+,36+;27-;/m10./s1. The van der Waals surface area contributed by atoms with E-state index in [9.17, 15) is 76.8 Å². The van der Waals surface area contributed by atoms with Crippen molar-refractivity contribution in [1.82, 2.24) is 36.4 Å². The van der Waals surface area contributed by atoms with Crippen LogP contribution in [0, 0.1) is 17.8 Å². The topological polar surface area (TPSA) is 461 Å². The molecule has 638 valence electrons. The third-order valence-electron chi connectivity index (χ3n) is 16.7. The molecule has 2 unspecified atom stereocenters. The normalized spacial score (nSPS) is 16.0. The number of likely N-dealkylation sites (tertiary alicyclic amines) is 2. The van der Waals surface area contributed by atoms with Crippen LogP contribution in [0.15, 0.2) is 24.3 Å². The van der Waals surface area contributed by atoms with E-state index >= 15 is 0 Å². The molecule has 2 fully saturated rings. The zero-order valence-corrected chi connectivity index (χ0v) is 70.3. The molecule has 2 saturated heterocycles. The predicted molar refractivity (Wildman–Crippen MR) is 419 cm³/mol. The molecule has 1 aromatic carbocycles. The number of anilines is 1. The highest BCUT2D eigenvalue weighted by atomic mass is 31.2. The van der Waals surface area contributed by atoms with E-state index in [4.69, 9.17) is 43.2 Å². The number of aliphatic hydroxyl groups excluding tert-OH is 1. The average Bonchev–Trinajstić information content (AvgIpc) is 1.57. The van der Waals surface area contributed by atoms with Gasteiger partial charge in [0, 0.05) is 115 Å². The Labute approximate surface area is 657 Å². The Morgan fingerprint density at radius 1 is 0.550 bits per heavy atom. The van der Waals surface area contributed by atoms with Gasteiger partial charge in [-0.1, -0.05) is 46.8 Å². The van der Waals surface area contributed by atoms with Crippen LogP contribution in [0.1, 0.15) is 212 Å². The Morgan fingerprint density at radius 2 is 1.03 bits per heavy atom. The highest BCUT2D eigenvalue weighted by molar-refractivity contribution is 7.54. The summed E-state index contributed by atoms with van der Waals surface area (Å²) in [5, 5.41) is 23.7. The Bertz CT molecular complexity index is 3070. The van der Waals surface area contributed by atoms with Crippen LogP contribution >= 0.6 is 15.2 Å². The summed E-state index contributed by atoms with van der Waals surface area (Å²) in [6, 6.07) is 5.07. The van der Waals surface area contributed by atoms with Crippen molar-refractivity contribution in [2.75, 3.05) is 124 Å². The van der Waals surface area contributed by atoms with Crippen LogP contribution in [-0.2, 0) is 96.4 Å². The summed E-state index contributed by atoms with van der Waals surface area (Å²) in [6.07, 6.45) is 3.98. The van der Waals surface area contributed by atoms with Gasteiger partial charge < -0.3 is 99.8 Å². The highest BCUT2D eigenvalue weighted by Gasteiger charge is 2.38. The number of carbonyl (C=O) groups excluding carboxylic acids is 11. The Morgan fingerprint density at radius 3 is 1.53 bits per heavy atom. The Kier molecular flexibility index (Phi) is 51.1. The molecule has 0 saturated carbocycles. The minimum atomic E-state index is -3.74. The van der Waals surface area contributed by atoms with Gasteiger partial charge in [0.15, 0.2) is 11.6 Å². The van der Waals surface area contributed by atoms with Crippen molar-refractivity contribution < 1.29 is 114 Å². The van der Waals surface area contributed by atoms with Crippen LogP contribution in [0.4, 0.5) is 15.3 Å². The number of benzene rings is 1. The van der Waals surface area contributed by atoms with Crippen molar-refractivity contribution in [3.05, 3.63) is 29.8 Å². The number of amides is 9. The van der Waals surface area contributed by atoms with E-state index in [2.05, 4.69) is 52.7 Å². The number of hydrogen-bond acceptors (Lipinski definition) is 22. The van der Waals surface area contributed by atoms with Crippen molar-refractivity contribution in [3.63, 3.8) is 0 Å². The number of hydrogen-bond donors (Lipinski definition) is 10. The van der Waals surface area contributed by atoms with Crippen LogP contribution in [0.25, 0.3) is 0 Å². The Balaban J connectivity index is 0.00000109. The second kappa shape index (κ2) is 55.2. The van der Waals surface area contributed by atoms with E-state index in [0.29, 0.717) is 88.8 Å². The third kappa shape index (κ3) is 50.5. The molecule has 33 nitrogen and oxygen atoms in total. The molecule has 2 aliphatic heterocycles.